The summed E-state index contributed by atoms with van der Waals surface area (Å²) >= 11 is 0. The molecule has 0 amide bonds. The van der Waals surface area contributed by atoms with Crippen molar-refractivity contribution in [2.24, 2.45) is 0 Å². The third-order valence-electron chi connectivity index (χ3n) is 3.08. The van der Waals surface area contributed by atoms with Gasteiger partial charge in [-0.25, -0.2) is 13.2 Å². The third-order valence-corrected chi connectivity index (χ3v) is 4.28. The van der Waals surface area contributed by atoms with Gasteiger partial charge in [0.25, 0.3) is 10.0 Å². The quantitative estimate of drug-likeness (QED) is 0.675. The van der Waals surface area contributed by atoms with Gasteiger partial charge in [0.2, 0.25) is 0 Å². The average molecular weight is 331 g/mol. The Morgan fingerprint density at radius 1 is 1.04 bits per heavy atom. The average Bonchev–Trinajstić information content (AvgIpc) is 2.54. The lowest BCUT2D eigenvalue weighted by Crippen LogP contribution is -2.27. The van der Waals surface area contributed by atoms with Crippen molar-refractivity contribution in [3.63, 3.8) is 0 Å². The molecule has 0 bridgehead atoms. The van der Waals surface area contributed by atoms with Gasteiger partial charge in [0.15, 0.2) is 0 Å². The summed E-state index contributed by atoms with van der Waals surface area (Å²) in [5.41, 5.74) is 2.04. The zero-order valence-corrected chi connectivity index (χ0v) is 13.6. The van der Waals surface area contributed by atoms with Crippen LogP contribution in [0.1, 0.15) is 18.1 Å². The summed E-state index contributed by atoms with van der Waals surface area (Å²) in [6.07, 6.45) is 1.61. The van der Waals surface area contributed by atoms with E-state index >= 15 is 0 Å². The summed E-state index contributed by atoms with van der Waals surface area (Å²) in [4.78, 5) is 18.4. The molecule has 0 unspecified atom stereocenters. The van der Waals surface area contributed by atoms with E-state index in [9.17, 15) is 13.2 Å². The summed E-state index contributed by atoms with van der Waals surface area (Å²) in [6.45, 7) is 3.40. The van der Waals surface area contributed by atoms with Crippen molar-refractivity contribution in [1.29, 1.82) is 0 Å². The predicted molar refractivity (Wildman–Crippen MR) is 87.7 cm³/mol. The van der Waals surface area contributed by atoms with Gasteiger partial charge in [-0.3, -0.25) is 0 Å². The number of sulfonamides is 1. The van der Waals surface area contributed by atoms with Crippen LogP contribution >= 0.6 is 0 Å². The Kier molecular flexibility index (Phi) is 5.31. The molecular weight excluding hydrogens is 314 g/mol. The molecule has 0 saturated carbocycles. The summed E-state index contributed by atoms with van der Waals surface area (Å²) < 4.78 is 24.0. The molecule has 0 radical (unpaired) electrons. The van der Waals surface area contributed by atoms with Gasteiger partial charge in [-0.05, 0) is 42.5 Å². The molecule has 23 heavy (non-hydrogen) atoms. The Morgan fingerprint density at radius 3 is 2.26 bits per heavy atom. The van der Waals surface area contributed by atoms with Crippen LogP contribution in [0.3, 0.4) is 0 Å². The lowest BCUT2D eigenvalue weighted by Gasteiger charge is -2.07. The van der Waals surface area contributed by atoms with Gasteiger partial charge in [0.1, 0.15) is 0 Å². The molecule has 6 heteroatoms. The Balaban J connectivity index is 2.03. The first-order chi connectivity index (χ1) is 10.9. The molecule has 2 aromatic rings. The van der Waals surface area contributed by atoms with E-state index in [-0.39, 0.29) is 10.5 Å². The molecule has 0 aliphatic rings. The molecule has 0 aliphatic heterocycles. The molecule has 0 aromatic heterocycles. The fraction of sp³-hybridized carbons (Fsp3) is 0.118. The van der Waals surface area contributed by atoms with Crippen LogP contribution < -0.4 is 4.89 Å². The third kappa shape index (κ3) is 4.77. The normalized spacial score (nSPS) is 12.0. The van der Waals surface area contributed by atoms with E-state index in [2.05, 4.69) is 4.84 Å². The Hall–Kier alpha value is -2.44. The van der Waals surface area contributed by atoms with Gasteiger partial charge in [-0.2, -0.15) is 0 Å². The Morgan fingerprint density at radius 2 is 1.65 bits per heavy atom. The molecule has 5 nitrogen and oxygen atoms in total. The molecule has 0 aliphatic carbocycles. The van der Waals surface area contributed by atoms with Crippen LogP contribution in [0.25, 0.3) is 6.08 Å². The molecule has 120 valence electrons. The van der Waals surface area contributed by atoms with Crippen LogP contribution in [0.2, 0.25) is 0 Å². The van der Waals surface area contributed by atoms with E-state index in [0.717, 1.165) is 11.1 Å². The zero-order chi connectivity index (χ0) is 16.9. The zero-order valence-electron chi connectivity index (χ0n) is 12.8. The largest absolute Gasteiger partial charge is 0.353 e. The van der Waals surface area contributed by atoms with Crippen molar-refractivity contribution in [3.8, 4) is 0 Å². The second-order valence-electron chi connectivity index (χ2n) is 5.03. The van der Waals surface area contributed by atoms with E-state index in [1.54, 1.807) is 25.1 Å². The summed E-state index contributed by atoms with van der Waals surface area (Å²) in [5, 5.41) is 0. The number of aryl methyl sites for hydroxylation is 1. The minimum atomic E-state index is -3.90. The first-order valence-corrected chi connectivity index (χ1v) is 8.40. The summed E-state index contributed by atoms with van der Waals surface area (Å²) in [6, 6.07) is 15.4. The lowest BCUT2D eigenvalue weighted by molar-refractivity contribution is -0.142. The van der Waals surface area contributed by atoms with E-state index < -0.39 is 16.0 Å². The maximum atomic E-state index is 12.0. The molecule has 1 N–H and O–H groups in total. The van der Waals surface area contributed by atoms with Crippen LogP contribution in [0, 0.1) is 6.92 Å². The van der Waals surface area contributed by atoms with Crippen LogP contribution in [-0.4, -0.2) is 14.4 Å². The number of rotatable bonds is 5. The highest BCUT2D eigenvalue weighted by atomic mass is 32.2. The molecule has 0 atom stereocenters. The van der Waals surface area contributed by atoms with Gasteiger partial charge < -0.3 is 4.84 Å². The van der Waals surface area contributed by atoms with Crippen molar-refractivity contribution < 1.29 is 18.0 Å². The molecule has 2 rings (SSSR count). The molecule has 0 saturated heterocycles. The van der Waals surface area contributed by atoms with E-state index in [0.29, 0.717) is 0 Å². The number of nitrogens with one attached hydrogen (secondary N) is 1. The van der Waals surface area contributed by atoms with Gasteiger partial charge in [0.05, 0.1) is 4.90 Å². The summed E-state index contributed by atoms with van der Waals surface area (Å²) in [7, 11) is -3.90. The maximum Gasteiger partial charge on any atom is 0.353 e. The molecule has 0 spiro atoms. The van der Waals surface area contributed by atoms with Crippen LogP contribution in [0.4, 0.5) is 0 Å². The van der Waals surface area contributed by atoms with Crippen molar-refractivity contribution in [2.45, 2.75) is 18.7 Å². The number of hydrogen-bond acceptors (Lipinski definition) is 4. The fourth-order valence-corrected chi connectivity index (χ4v) is 2.57. The Labute approximate surface area is 135 Å². The topological polar surface area (TPSA) is 72.5 Å². The van der Waals surface area contributed by atoms with Gasteiger partial charge in [0, 0.05) is 5.57 Å². The number of hydrogen-bond donors (Lipinski definition) is 1. The number of carbonyl (C=O) groups is 1. The van der Waals surface area contributed by atoms with Gasteiger partial charge in [-0.1, -0.05) is 48.0 Å². The lowest BCUT2D eigenvalue weighted by atomic mass is 10.1. The number of benzene rings is 2. The summed E-state index contributed by atoms with van der Waals surface area (Å²) in [5.74, 6) is -0.760. The smallest absolute Gasteiger partial charge is 0.351 e. The second kappa shape index (κ2) is 7.21. The minimum absolute atomic E-state index is 0.0283. The van der Waals surface area contributed by atoms with Crippen molar-refractivity contribution in [1.82, 2.24) is 4.89 Å². The van der Waals surface area contributed by atoms with Gasteiger partial charge >= 0.3 is 5.97 Å². The second-order valence-corrected chi connectivity index (χ2v) is 6.67. The monoisotopic (exact) mass is 331 g/mol. The Bertz CT molecular complexity index is 809. The van der Waals surface area contributed by atoms with Crippen molar-refractivity contribution in [2.75, 3.05) is 0 Å². The van der Waals surface area contributed by atoms with Crippen LogP contribution in [0.5, 0.6) is 0 Å². The predicted octanol–water partition coefficient (Wildman–Crippen LogP) is 2.84. The van der Waals surface area contributed by atoms with Crippen molar-refractivity contribution in [3.05, 3.63) is 71.3 Å². The maximum absolute atomic E-state index is 12.0. The molecular formula is C17H17NO4S. The minimum Gasteiger partial charge on any atom is -0.351 e. The first-order valence-electron chi connectivity index (χ1n) is 6.91. The standard InChI is InChI=1S/C17H17NO4S/c1-13-8-10-16(11-9-13)23(20,21)18-22-17(19)14(2)12-15-6-4-3-5-7-15/h3-12,18H,1-2H3/b14-12+. The van der Waals surface area contributed by atoms with Crippen LogP contribution in [0.15, 0.2) is 65.1 Å². The highest BCUT2D eigenvalue weighted by Crippen LogP contribution is 2.11. The van der Waals surface area contributed by atoms with E-state index in [4.69, 9.17) is 0 Å². The number of carbonyl (C=O) groups excluding carboxylic acids is 1. The fourth-order valence-electron chi connectivity index (χ4n) is 1.80. The van der Waals surface area contributed by atoms with Crippen LogP contribution in [-0.2, 0) is 19.7 Å². The first kappa shape index (κ1) is 16.9. The van der Waals surface area contributed by atoms with Crippen molar-refractivity contribution >= 4 is 22.1 Å². The molecule has 2 aromatic carbocycles. The highest BCUT2D eigenvalue weighted by Gasteiger charge is 2.17. The highest BCUT2D eigenvalue weighted by molar-refractivity contribution is 7.89. The van der Waals surface area contributed by atoms with E-state index in [1.807, 2.05) is 42.1 Å². The van der Waals surface area contributed by atoms with E-state index in [1.165, 1.54) is 12.1 Å². The van der Waals surface area contributed by atoms with Gasteiger partial charge in [-0.15, -0.1) is 0 Å². The molecule has 0 heterocycles. The SMILES string of the molecule is C/C(=C\c1ccccc1)C(=O)ONS(=O)(=O)c1ccc(C)cc1. The molecule has 0 fully saturated rings.